The molecule has 0 aromatic carbocycles. The molecule has 2 aromatic rings. The number of aryl methyl sites for hydroxylation is 1. The summed E-state index contributed by atoms with van der Waals surface area (Å²) >= 11 is 0. The van der Waals surface area contributed by atoms with Crippen LogP contribution in [-0.2, 0) is 4.79 Å². The summed E-state index contributed by atoms with van der Waals surface area (Å²) in [4.78, 5) is 29.2. The third-order valence-corrected chi connectivity index (χ3v) is 5.51. The lowest BCUT2D eigenvalue weighted by Crippen LogP contribution is -2.45. The number of hydrogen-bond donors (Lipinski definition) is 2. The van der Waals surface area contributed by atoms with Crippen LogP contribution >= 0.6 is 0 Å². The van der Waals surface area contributed by atoms with E-state index in [1.165, 1.54) is 12.8 Å². The maximum atomic E-state index is 12.6. The Morgan fingerprint density at radius 2 is 2.00 bits per heavy atom. The number of hydrogen-bond acceptors (Lipinski definition) is 6. The van der Waals surface area contributed by atoms with Crippen molar-refractivity contribution in [3.8, 4) is 11.5 Å². The fraction of sp³-hybridized carbons (Fsp3) is 0.556. The number of aromatic nitrogens is 3. The van der Waals surface area contributed by atoms with Crippen LogP contribution in [0.3, 0.4) is 0 Å². The molecule has 1 aliphatic carbocycles. The molecular formula is C18H23N5O3. The quantitative estimate of drug-likeness (QED) is 0.866. The van der Waals surface area contributed by atoms with E-state index in [9.17, 15) is 9.59 Å². The van der Waals surface area contributed by atoms with Crippen molar-refractivity contribution in [1.29, 1.82) is 0 Å². The van der Waals surface area contributed by atoms with Crippen LogP contribution in [-0.4, -0.2) is 45.1 Å². The van der Waals surface area contributed by atoms with Crippen LogP contribution < -0.4 is 10.9 Å². The highest BCUT2D eigenvalue weighted by atomic mass is 16.4. The number of anilines is 1. The van der Waals surface area contributed by atoms with Gasteiger partial charge in [0.1, 0.15) is 11.6 Å². The molecule has 0 unspecified atom stereocenters. The summed E-state index contributed by atoms with van der Waals surface area (Å²) in [5.41, 5.74) is 1.31. The first-order valence-electron chi connectivity index (χ1n) is 9.05. The van der Waals surface area contributed by atoms with Crippen LogP contribution in [0.25, 0.3) is 11.5 Å². The van der Waals surface area contributed by atoms with Crippen LogP contribution in [0.15, 0.2) is 21.3 Å². The van der Waals surface area contributed by atoms with Gasteiger partial charge in [-0.1, -0.05) is 5.10 Å². The number of rotatable bonds is 4. The standard InChI is InChI=1S/C18H23N5O3/c1-11-3-4-13(14(24)19-11)15-21-22-17(26-15)20-12(2)16(25)23-9-7-18(5-6-18)8-10-23/h3-4,12H,5-10H2,1-2H3,(H,19,24)(H,20,22)/t12-/m0/s1. The van der Waals surface area contributed by atoms with Gasteiger partial charge in [-0.25, -0.2) is 0 Å². The van der Waals surface area contributed by atoms with E-state index in [4.69, 9.17) is 4.42 Å². The number of nitrogens with zero attached hydrogens (tertiary/aromatic N) is 3. The Balaban J connectivity index is 1.40. The molecule has 138 valence electrons. The van der Waals surface area contributed by atoms with E-state index >= 15 is 0 Å². The van der Waals surface area contributed by atoms with Gasteiger partial charge in [-0.2, -0.15) is 0 Å². The SMILES string of the molecule is Cc1ccc(-c2nnc(N[C@@H](C)C(=O)N3CCC4(CC3)CC4)o2)c(=O)[nH]1. The highest BCUT2D eigenvalue weighted by Gasteiger charge is 2.45. The number of pyridine rings is 1. The fourth-order valence-corrected chi connectivity index (χ4v) is 3.53. The Hall–Kier alpha value is -2.64. The van der Waals surface area contributed by atoms with E-state index in [0.29, 0.717) is 11.0 Å². The van der Waals surface area contributed by atoms with Gasteiger partial charge in [-0.05, 0) is 57.1 Å². The Morgan fingerprint density at radius 1 is 1.27 bits per heavy atom. The molecule has 2 fully saturated rings. The molecule has 0 radical (unpaired) electrons. The van der Waals surface area contributed by atoms with Crippen molar-refractivity contribution in [3.05, 3.63) is 28.2 Å². The molecule has 0 bridgehead atoms. The van der Waals surface area contributed by atoms with Gasteiger partial charge in [0.15, 0.2) is 0 Å². The topological polar surface area (TPSA) is 104 Å². The van der Waals surface area contributed by atoms with Crippen LogP contribution in [0.2, 0.25) is 0 Å². The fourth-order valence-electron chi connectivity index (χ4n) is 3.53. The smallest absolute Gasteiger partial charge is 0.316 e. The molecule has 2 aliphatic rings. The minimum absolute atomic E-state index is 0.0356. The number of likely N-dealkylation sites (tertiary alicyclic amines) is 1. The van der Waals surface area contributed by atoms with E-state index in [0.717, 1.165) is 31.6 Å². The molecule has 26 heavy (non-hydrogen) atoms. The number of carbonyl (C=O) groups excluding carboxylic acids is 1. The summed E-state index contributed by atoms with van der Waals surface area (Å²) < 4.78 is 5.52. The van der Waals surface area contributed by atoms with Crippen LogP contribution in [0, 0.1) is 12.3 Å². The molecule has 2 N–H and O–H groups in total. The first-order chi connectivity index (χ1) is 12.5. The molecule has 8 heteroatoms. The summed E-state index contributed by atoms with van der Waals surface area (Å²) in [5, 5.41) is 10.8. The lowest BCUT2D eigenvalue weighted by atomic mass is 9.93. The van der Waals surface area contributed by atoms with Crippen molar-refractivity contribution in [2.75, 3.05) is 18.4 Å². The molecule has 1 saturated heterocycles. The van der Waals surface area contributed by atoms with Gasteiger partial charge in [0.2, 0.25) is 5.91 Å². The molecular weight excluding hydrogens is 334 g/mol. The van der Waals surface area contributed by atoms with Gasteiger partial charge in [0.05, 0.1) is 0 Å². The van der Waals surface area contributed by atoms with Crippen LogP contribution in [0.4, 0.5) is 6.01 Å². The Morgan fingerprint density at radius 3 is 2.65 bits per heavy atom. The van der Waals surface area contributed by atoms with Gasteiger partial charge in [0, 0.05) is 18.8 Å². The second kappa shape index (κ2) is 6.26. The van der Waals surface area contributed by atoms with Crippen molar-refractivity contribution < 1.29 is 9.21 Å². The maximum Gasteiger partial charge on any atom is 0.316 e. The number of piperidine rings is 1. The second-order valence-electron chi connectivity index (χ2n) is 7.49. The van der Waals surface area contributed by atoms with E-state index in [2.05, 4.69) is 20.5 Å². The largest absolute Gasteiger partial charge is 0.403 e. The first kappa shape index (κ1) is 16.8. The maximum absolute atomic E-state index is 12.6. The molecule has 8 nitrogen and oxygen atoms in total. The normalized spacial score (nSPS) is 19.4. The predicted molar refractivity (Wildman–Crippen MR) is 95.7 cm³/mol. The van der Waals surface area contributed by atoms with E-state index in [1.807, 2.05) is 4.90 Å². The summed E-state index contributed by atoms with van der Waals surface area (Å²) in [7, 11) is 0. The van der Waals surface area contributed by atoms with E-state index < -0.39 is 6.04 Å². The monoisotopic (exact) mass is 357 g/mol. The highest BCUT2D eigenvalue weighted by Crippen LogP contribution is 2.53. The zero-order valence-corrected chi connectivity index (χ0v) is 15.0. The molecule has 1 aliphatic heterocycles. The second-order valence-corrected chi connectivity index (χ2v) is 7.49. The summed E-state index contributed by atoms with van der Waals surface area (Å²) in [6.45, 7) is 5.22. The van der Waals surface area contributed by atoms with Gasteiger partial charge >= 0.3 is 6.01 Å². The Bertz CT molecular complexity index is 873. The molecule has 1 spiro atoms. The number of carbonyl (C=O) groups is 1. The van der Waals surface area contributed by atoms with Gasteiger partial charge < -0.3 is 19.6 Å². The van der Waals surface area contributed by atoms with Crippen molar-refractivity contribution in [2.45, 2.75) is 45.6 Å². The Labute approximate surface area is 151 Å². The summed E-state index contributed by atoms with van der Waals surface area (Å²) in [6, 6.07) is 3.08. The average molecular weight is 357 g/mol. The molecule has 1 atom stereocenters. The Kier molecular flexibility index (Phi) is 4.05. The van der Waals surface area contributed by atoms with Crippen molar-refractivity contribution in [3.63, 3.8) is 0 Å². The highest BCUT2D eigenvalue weighted by molar-refractivity contribution is 5.83. The zero-order valence-electron chi connectivity index (χ0n) is 15.0. The number of H-pyrrole nitrogens is 1. The summed E-state index contributed by atoms with van der Waals surface area (Å²) in [6.07, 6.45) is 4.83. The third-order valence-electron chi connectivity index (χ3n) is 5.51. The summed E-state index contributed by atoms with van der Waals surface area (Å²) in [5.74, 6) is 0.162. The molecule has 2 aromatic heterocycles. The first-order valence-corrected chi connectivity index (χ1v) is 9.05. The molecule has 1 saturated carbocycles. The van der Waals surface area contributed by atoms with Crippen LogP contribution in [0.5, 0.6) is 0 Å². The van der Waals surface area contributed by atoms with Gasteiger partial charge in [-0.15, -0.1) is 5.10 Å². The number of aromatic amines is 1. The predicted octanol–water partition coefficient (Wildman–Crippen LogP) is 1.94. The molecule has 3 heterocycles. The van der Waals surface area contributed by atoms with Crippen molar-refractivity contribution in [1.82, 2.24) is 20.1 Å². The average Bonchev–Trinajstić information content (AvgIpc) is 3.21. The van der Waals surface area contributed by atoms with Gasteiger partial charge in [-0.3, -0.25) is 9.59 Å². The molecule has 1 amide bonds. The number of nitrogens with one attached hydrogen (secondary N) is 2. The third kappa shape index (κ3) is 3.23. The van der Waals surface area contributed by atoms with E-state index in [-0.39, 0.29) is 23.4 Å². The van der Waals surface area contributed by atoms with E-state index in [1.54, 1.807) is 26.0 Å². The van der Waals surface area contributed by atoms with Crippen LogP contribution in [0.1, 0.15) is 38.3 Å². The lowest BCUT2D eigenvalue weighted by Gasteiger charge is -2.33. The lowest BCUT2D eigenvalue weighted by molar-refractivity contribution is -0.133. The van der Waals surface area contributed by atoms with Crippen molar-refractivity contribution in [2.24, 2.45) is 5.41 Å². The zero-order chi connectivity index (χ0) is 18.3. The minimum atomic E-state index is -0.465. The minimum Gasteiger partial charge on any atom is -0.403 e. The van der Waals surface area contributed by atoms with Crippen molar-refractivity contribution >= 4 is 11.9 Å². The van der Waals surface area contributed by atoms with Gasteiger partial charge in [0.25, 0.3) is 11.4 Å². The number of amides is 1. The molecule has 4 rings (SSSR count).